The summed E-state index contributed by atoms with van der Waals surface area (Å²) >= 11 is 0. The number of nitrogens with zero attached hydrogens (tertiary/aromatic N) is 4. The molecule has 1 fully saturated rings. The van der Waals surface area contributed by atoms with Crippen LogP contribution in [0.15, 0.2) is 67.0 Å². The topological polar surface area (TPSA) is 61.4 Å². The summed E-state index contributed by atoms with van der Waals surface area (Å²) in [5.41, 5.74) is 2.20. The van der Waals surface area contributed by atoms with Crippen molar-refractivity contribution < 1.29 is 9.18 Å². The van der Waals surface area contributed by atoms with Gasteiger partial charge >= 0.3 is 0 Å². The van der Waals surface area contributed by atoms with Gasteiger partial charge in [-0.05, 0) is 29.8 Å². The molecule has 1 N–H and O–H groups in total. The summed E-state index contributed by atoms with van der Waals surface area (Å²) < 4.78 is 13.0. The minimum Gasteiger partial charge on any atom is -0.338 e. The first kappa shape index (κ1) is 19.0. The molecule has 1 aromatic heterocycles. The summed E-state index contributed by atoms with van der Waals surface area (Å²) in [6, 6.07) is 16.1. The van der Waals surface area contributed by atoms with Gasteiger partial charge in [-0.2, -0.15) is 0 Å². The molecule has 0 bridgehead atoms. The monoisotopic (exact) mass is 391 g/mol. The van der Waals surface area contributed by atoms with Crippen molar-refractivity contribution in [3.8, 4) is 0 Å². The molecular formula is C22H22FN5O. The van der Waals surface area contributed by atoms with Crippen LogP contribution in [0.1, 0.15) is 15.9 Å². The van der Waals surface area contributed by atoms with Crippen LogP contribution in [-0.4, -0.2) is 47.0 Å². The number of nitrogens with one attached hydrogen (secondary N) is 1. The normalized spacial score (nSPS) is 14.6. The van der Waals surface area contributed by atoms with Crippen LogP contribution in [0, 0.1) is 5.82 Å². The molecule has 29 heavy (non-hydrogen) atoms. The Morgan fingerprint density at radius 3 is 2.24 bits per heavy atom. The Labute approximate surface area is 169 Å². The molecule has 7 heteroatoms. The van der Waals surface area contributed by atoms with E-state index in [-0.39, 0.29) is 11.7 Å². The van der Waals surface area contributed by atoms with Crippen LogP contribution in [0.3, 0.4) is 0 Å². The Kier molecular flexibility index (Phi) is 5.76. The van der Waals surface area contributed by atoms with Crippen molar-refractivity contribution in [1.82, 2.24) is 14.9 Å². The average molecular weight is 391 g/mol. The zero-order valence-corrected chi connectivity index (χ0v) is 16.0. The molecule has 1 saturated heterocycles. The Morgan fingerprint density at radius 2 is 1.59 bits per heavy atom. The van der Waals surface area contributed by atoms with Crippen molar-refractivity contribution in [3.63, 3.8) is 0 Å². The standard InChI is InChI=1S/C22H22FN5O/c23-19-6-8-20(9-7-19)26-21(29)18-14-24-22(25-15-18)28-12-10-27(11-13-28)16-17-4-2-1-3-5-17/h1-9,14-15H,10-13,16H2,(H,26,29). The maximum atomic E-state index is 13.0. The third kappa shape index (κ3) is 4.94. The Bertz CT molecular complexity index is 939. The molecule has 0 unspecified atom stereocenters. The Hall–Kier alpha value is -3.32. The molecule has 0 radical (unpaired) electrons. The first-order chi connectivity index (χ1) is 14.2. The molecule has 6 nitrogen and oxygen atoms in total. The number of amides is 1. The fourth-order valence-electron chi connectivity index (χ4n) is 3.29. The summed E-state index contributed by atoms with van der Waals surface area (Å²) in [5, 5.41) is 2.71. The zero-order chi connectivity index (χ0) is 20.1. The summed E-state index contributed by atoms with van der Waals surface area (Å²) in [6.07, 6.45) is 3.05. The third-order valence-corrected chi connectivity index (χ3v) is 4.91. The van der Waals surface area contributed by atoms with E-state index in [1.807, 2.05) is 6.07 Å². The fraction of sp³-hybridized carbons (Fsp3) is 0.227. The number of carbonyl (C=O) groups excluding carboxylic acids is 1. The zero-order valence-electron chi connectivity index (χ0n) is 16.0. The number of anilines is 2. The van der Waals surface area contributed by atoms with Crippen molar-refractivity contribution in [2.45, 2.75) is 6.54 Å². The highest BCUT2D eigenvalue weighted by atomic mass is 19.1. The van der Waals surface area contributed by atoms with E-state index in [0.717, 1.165) is 32.7 Å². The van der Waals surface area contributed by atoms with Crippen molar-refractivity contribution >= 4 is 17.5 Å². The Morgan fingerprint density at radius 1 is 0.931 bits per heavy atom. The highest BCUT2D eigenvalue weighted by Gasteiger charge is 2.19. The number of halogens is 1. The van der Waals surface area contributed by atoms with Gasteiger partial charge < -0.3 is 10.2 Å². The van der Waals surface area contributed by atoms with E-state index in [9.17, 15) is 9.18 Å². The van der Waals surface area contributed by atoms with Gasteiger partial charge in [-0.15, -0.1) is 0 Å². The number of rotatable bonds is 5. The van der Waals surface area contributed by atoms with Crippen LogP contribution in [0.2, 0.25) is 0 Å². The molecule has 148 valence electrons. The van der Waals surface area contributed by atoms with Crippen molar-refractivity contribution in [2.75, 3.05) is 36.4 Å². The first-order valence-corrected chi connectivity index (χ1v) is 9.57. The van der Waals surface area contributed by atoms with Gasteiger partial charge in [0.15, 0.2) is 0 Å². The summed E-state index contributed by atoms with van der Waals surface area (Å²) in [5.74, 6) is -0.0434. The molecule has 1 aliphatic heterocycles. The lowest BCUT2D eigenvalue weighted by Gasteiger charge is -2.34. The van der Waals surface area contributed by atoms with E-state index < -0.39 is 0 Å². The highest BCUT2D eigenvalue weighted by molar-refractivity contribution is 6.03. The molecule has 2 heterocycles. The molecule has 1 amide bonds. The lowest BCUT2D eigenvalue weighted by molar-refractivity contribution is 0.102. The van der Waals surface area contributed by atoms with E-state index in [1.54, 1.807) is 0 Å². The summed E-state index contributed by atoms with van der Waals surface area (Å²) in [7, 11) is 0. The number of hydrogen-bond acceptors (Lipinski definition) is 5. The van der Waals surface area contributed by atoms with E-state index in [2.05, 4.69) is 49.4 Å². The molecule has 0 aliphatic carbocycles. The first-order valence-electron chi connectivity index (χ1n) is 9.57. The van der Waals surface area contributed by atoms with Gasteiger partial charge in [0.2, 0.25) is 5.95 Å². The van der Waals surface area contributed by atoms with Gasteiger partial charge in [-0.25, -0.2) is 14.4 Å². The van der Waals surface area contributed by atoms with Crippen molar-refractivity contribution in [1.29, 1.82) is 0 Å². The lowest BCUT2D eigenvalue weighted by Crippen LogP contribution is -2.46. The number of hydrogen-bond donors (Lipinski definition) is 1. The number of aromatic nitrogens is 2. The second-order valence-corrected chi connectivity index (χ2v) is 6.98. The highest BCUT2D eigenvalue weighted by Crippen LogP contribution is 2.14. The SMILES string of the molecule is O=C(Nc1ccc(F)cc1)c1cnc(N2CCN(Cc3ccccc3)CC2)nc1. The second kappa shape index (κ2) is 8.79. The maximum Gasteiger partial charge on any atom is 0.258 e. The molecule has 0 spiro atoms. The van der Waals surface area contributed by atoms with E-state index in [4.69, 9.17) is 0 Å². The molecule has 0 atom stereocenters. The van der Waals surface area contributed by atoms with Gasteiger partial charge in [-0.1, -0.05) is 30.3 Å². The lowest BCUT2D eigenvalue weighted by atomic mass is 10.2. The largest absolute Gasteiger partial charge is 0.338 e. The second-order valence-electron chi connectivity index (χ2n) is 6.98. The number of piperazine rings is 1. The van der Waals surface area contributed by atoms with E-state index in [0.29, 0.717) is 17.2 Å². The van der Waals surface area contributed by atoms with Crippen LogP contribution in [0.4, 0.5) is 16.0 Å². The third-order valence-electron chi connectivity index (χ3n) is 4.91. The average Bonchev–Trinajstić information content (AvgIpc) is 2.77. The van der Waals surface area contributed by atoms with Crippen LogP contribution in [-0.2, 0) is 6.54 Å². The summed E-state index contributed by atoms with van der Waals surface area (Å²) in [4.78, 5) is 25.6. The van der Waals surface area contributed by atoms with Crippen LogP contribution in [0.25, 0.3) is 0 Å². The Balaban J connectivity index is 1.31. The number of benzene rings is 2. The number of carbonyl (C=O) groups is 1. The summed E-state index contributed by atoms with van der Waals surface area (Å²) in [6.45, 7) is 4.50. The van der Waals surface area contributed by atoms with Crippen LogP contribution >= 0.6 is 0 Å². The smallest absolute Gasteiger partial charge is 0.258 e. The van der Waals surface area contributed by atoms with Gasteiger partial charge in [-0.3, -0.25) is 9.69 Å². The van der Waals surface area contributed by atoms with E-state index in [1.165, 1.54) is 42.2 Å². The van der Waals surface area contributed by atoms with Crippen molar-refractivity contribution in [3.05, 3.63) is 83.9 Å². The van der Waals surface area contributed by atoms with Crippen LogP contribution < -0.4 is 10.2 Å². The van der Waals surface area contributed by atoms with Crippen LogP contribution in [0.5, 0.6) is 0 Å². The molecular weight excluding hydrogens is 369 g/mol. The molecule has 4 rings (SSSR count). The van der Waals surface area contributed by atoms with Crippen molar-refractivity contribution in [2.24, 2.45) is 0 Å². The van der Waals surface area contributed by atoms with Gasteiger partial charge in [0.25, 0.3) is 5.91 Å². The molecule has 3 aromatic rings. The van der Waals surface area contributed by atoms with Gasteiger partial charge in [0, 0.05) is 50.8 Å². The molecule has 0 saturated carbocycles. The minimum atomic E-state index is -0.348. The molecule has 2 aromatic carbocycles. The predicted molar refractivity (Wildman–Crippen MR) is 110 cm³/mol. The minimum absolute atomic E-state index is 0.323. The fourth-order valence-corrected chi connectivity index (χ4v) is 3.29. The van der Waals surface area contributed by atoms with E-state index >= 15 is 0 Å². The predicted octanol–water partition coefficient (Wildman–Crippen LogP) is 3.19. The quantitative estimate of drug-likeness (QED) is 0.724. The molecule has 1 aliphatic rings. The van der Waals surface area contributed by atoms with Gasteiger partial charge in [0.05, 0.1) is 5.56 Å². The maximum absolute atomic E-state index is 13.0. The van der Waals surface area contributed by atoms with Gasteiger partial charge in [0.1, 0.15) is 5.82 Å².